The third kappa shape index (κ3) is 2.32. The molecule has 0 bridgehead atoms. The summed E-state index contributed by atoms with van der Waals surface area (Å²) in [5, 5.41) is 12.2. The number of rotatable bonds is 4. The lowest BCUT2D eigenvalue weighted by molar-refractivity contribution is 0.563. The minimum absolute atomic E-state index is 0.433. The molecule has 0 aliphatic rings. The van der Waals surface area contributed by atoms with Crippen molar-refractivity contribution in [3.63, 3.8) is 0 Å². The van der Waals surface area contributed by atoms with Gasteiger partial charge in [-0.05, 0) is 10.8 Å². The van der Waals surface area contributed by atoms with E-state index in [4.69, 9.17) is 5.73 Å². The van der Waals surface area contributed by atoms with Crippen molar-refractivity contribution in [2.75, 3.05) is 6.54 Å². The van der Waals surface area contributed by atoms with Gasteiger partial charge in [-0.25, -0.2) is 0 Å². The summed E-state index contributed by atoms with van der Waals surface area (Å²) in [6.07, 6.45) is 0. The molecule has 2 rings (SSSR count). The third-order valence-electron chi connectivity index (χ3n) is 2.14. The van der Waals surface area contributed by atoms with Crippen LogP contribution in [0.3, 0.4) is 0 Å². The maximum atomic E-state index is 5.45. The Morgan fingerprint density at radius 2 is 2.06 bits per heavy atom. The molecule has 2 aromatic rings. The normalized spacial score (nSPS) is 10.3. The van der Waals surface area contributed by atoms with E-state index in [1.165, 1.54) is 4.80 Å². The highest BCUT2D eigenvalue weighted by Crippen LogP contribution is 2.11. The van der Waals surface area contributed by atoms with E-state index >= 15 is 0 Å². The monoisotopic (exact) mass is 215 g/mol. The van der Waals surface area contributed by atoms with E-state index in [1.54, 1.807) is 0 Å². The molecule has 0 aliphatic carbocycles. The van der Waals surface area contributed by atoms with Crippen molar-refractivity contribution in [1.82, 2.24) is 20.2 Å². The average Bonchev–Trinajstić information content (AvgIpc) is 2.78. The first-order chi connectivity index (χ1) is 7.79. The molecule has 0 unspecified atom stereocenters. The van der Waals surface area contributed by atoms with E-state index in [1.807, 2.05) is 30.3 Å². The SMILES string of the molecule is C=C(CN)Cn1nnc(-c2ccccc2)n1. The molecule has 5 heteroatoms. The zero-order valence-corrected chi connectivity index (χ0v) is 8.87. The maximum Gasteiger partial charge on any atom is 0.204 e. The van der Waals surface area contributed by atoms with Crippen molar-refractivity contribution in [2.24, 2.45) is 5.73 Å². The van der Waals surface area contributed by atoms with Gasteiger partial charge in [-0.3, -0.25) is 0 Å². The third-order valence-corrected chi connectivity index (χ3v) is 2.14. The fourth-order valence-corrected chi connectivity index (χ4v) is 1.28. The van der Waals surface area contributed by atoms with E-state index in [2.05, 4.69) is 22.0 Å². The Morgan fingerprint density at radius 1 is 1.31 bits per heavy atom. The van der Waals surface area contributed by atoms with Crippen LogP contribution < -0.4 is 5.73 Å². The van der Waals surface area contributed by atoms with Crippen LogP contribution in [0.5, 0.6) is 0 Å². The van der Waals surface area contributed by atoms with Crippen LogP contribution in [0, 0.1) is 0 Å². The maximum absolute atomic E-state index is 5.45. The van der Waals surface area contributed by atoms with Gasteiger partial charge in [0.15, 0.2) is 0 Å². The van der Waals surface area contributed by atoms with Gasteiger partial charge in [0.05, 0.1) is 6.54 Å². The fraction of sp³-hybridized carbons (Fsp3) is 0.182. The molecule has 82 valence electrons. The number of hydrogen-bond acceptors (Lipinski definition) is 4. The van der Waals surface area contributed by atoms with Gasteiger partial charge < -0.3 is 5.73 Å². The number of benzene rings is 1. The summed E-state index contributed by atoms with van der Waals surface area (Å²) in [5.41, 5.74) is 7.27. The molecule has 0 radical (unpaired) electrons. The van der Waals surface area contributed by atoms with Gasteiger partial charge in [0.1, 0.15) is 0 Å². The van der Waals surface area contributed by atoms with Crippen LogP contribution in [0.15, 0.2) is 42.5 Å². The molecule has 1 aromatic carbocycles. The highest BCUT2D eigenvalue weighted by atomic mass is 15.6. The first kappa shape index (κ1) is 10.5. The Hall–Kier alpha value is -2.01. The quantitative estimate of drug-likeness (QED) is 0.768. The highest BCUT2D eigenvalue weighted by Gasteiger charge is 2.05. The fourth-order valence-electron chi connectivity index (χ4n) is 1.28. The van der Waals surface area contributed by atoms with Gasteiger partial charge in [0.2, 0.25) is 5.82 Å². The van der Waals surface area contributed by atoms with E-state index in [9.17, 15) is 0 Å². The van der Waals surface area contributed by atoms with E-state index in [0.29, 0.717) is 18.9 Å². The van der Waals surface area contributed by atoms with Crippen LogP contribution >= 0.6 is 0 Å². The molecular formula is C11H13N5. The smallest absolute Gasteiger partial charge is 0.204 e. The lowest BCUT2D eigenvalue weighted by atomic mass is 10.2. The van der Waals surface area contributed by atoms with Crippen molar-refractivity contribution in [3.8, 4) is 11.4 Å². The predicted octanol–water partition coefficient (Wildman–Crippen LogP) is 0.855. The minimum Gasteiger partial charge on any atom is -0.327 e. The Morgan fingerprint density at radius 3 is 2.75 bits per heavy atom. The zero-order chi connectivity index (χ0) is 11.4. The van der Waals surface area contributed by atoms with Gasteiger partial charge in [-0.1, -0.05) is 36.9 Å². The van der Waals surface area contributed by atoms with Gasteiger partial charge >= 0.3 is 0 Å². The summed E-state index contributed by atoms with van der Waals surface area (Å²) in [6.45, 7) is 4.74. The van der Waals surface area contributed by atoms with Crippen LogP contribution in [0.4, 0.5) is 0 Å². The Labute approximate surface area is 93.6 Å². The van der Waals surface area contributed by atoms with Crippen LogP contribution in [0.2, 0.25) is 0 Å². The molecule has 0 saturated carbocycles. The standard InChI is InChI=1S/C11H13N5/c1-9(7-12)8-16-14-11(13-15-16)10-5-3-2-4-6-10/h2-6H,1,7-8,12H2. The molecule has 0 spiro atoms. The summed E-state index contributed by atoms with van der Waals surface area (Å²) in [7, 11) is 0. The van der Waals surface area contributed by atoms with Gasteiger partial charge in [0, 0.05) is 12.1 Å². The largest absolute Gasteiger partial charge is 0.327 e. The molecule has 0 amide bonds. The molecule has 5 nitrogen and oxygen atoms in total. The highest BCUT2D eigenvalue weighted by molar-refractivity contribution is 5.52. The summed E-state index contributed by atoms with van der Waals surface area (Å²) in [4.78, 5) is 1.50. The average molecular weight is 215 g/mol. The first-order valence-corrected chi connectivity index (χ1v) is 4.99. The van der Waals surface area contributed by atoms with Gasteiger partial charge in [-0.2, -0.15) is 4.80 Å². The van der Waals surface area contributed by atoms with Crippen LogP contribution in [-0.2, 0) is 6.54 Å². The Kier molecular flexibility index (Phi) is 3.07. The van der Waals surface area contributed by atoms with Gasteiger partial charge in [-0.15, -0.1) is 10.2 Å². The molecule has 16 heavy (non-hydrogen) atoms. The van der Waals surface area contributed by atoms with Crippen LogP contribution in [0.1, 0.15) is 0 Å². The van der Waals surface area contributed by atoms with Crippen molar-refractivity contribution in [3.05, 3.63) is 42.5 Å². The number of hydrogen-bond donors (Lipinski definition) is 1. The molecule has 0 atom stereocenters. The number of tetrazole rings is 1. The lowest BCUT2D eigenvalue weighted by Gasteiger charge is -1.98. The summed E-state index contributed by atoms with van der Waals surface area (Å²) < 4.78 is 0. The van der Waals surface area contributed by atoms with Gasteiger partial charge in [0.25, 0.3) is 0 Å². The zero-order valence-electron chi connectivity index (χ0n) is 8.87. The molecule has 0 saturated heterocycles. The molecule has 0 aliphatic heterocycles. The number of aromatic nitrogens is 4. The van der Waals surface area contributed by atoms with E-state index in [0.717, 1.165) is 11.1 Å². The Bertz CT molecular complexity index is 474. The number of nitrogens with zero attached hydrogens (tertiary/aromatic N) is 4. The number of nitrogens with two attached hydrogens (primary N) is 1. The topological polar surface area (TPSA) is 69.6 Å². The second-order valence-corrected chi connectivity index (χ2v) is 3.46. The van der Waals surface area contributed by atoms with Crippen molar-refractivity contribution >= 4 is 0 Å². The van der Waals surface area contributed by atoms with Crippen LogP contribution in [-0.4, -0.2) is 26.8 Å². The molecular weight excluding hydrogens is 202 g/mol. The Balaban J connectivity index is 2.17. The summed E-state index contributed by atoms with van der Waals surface area (Å²) >= 11 is 0. The van der Waals surface area contributed by atoms with Crippen LogP contribution in [0.25, 0.3) is 11.4 Å². The second kappa shape index (κ2) is 4.67. The molecule has 1 heterocycles. The molecule has 0 fully saturated rings. The molecule has 2 N–H and O–H groups in total. The first-order valence-electron chi connectivity index (χ1n) is 4.99. The second-order valence-electron chi connectivity index (χ2n) is 3.46. The van der Waals surface area contributed by atoms with E-state index < -0.39 is 0 Å². The summed E-state index contributed by atoms with van der Waals surface area (Å²) in [5.74, 6) is 0.616. The van der Waals surface area contributed by atoms with Crippen molar-refractivity contribution < 1.29 is 0 Å². The minimum atomic E-state index is 0.433. The van der Waals surface area contributed by atoms with Crippen molar-refractivity contribution in [2.45, 2.75) is 6.54 Å². The predicted molar refractivity (Wildman–Crippen MR) is 61.4 cm³/mol. The molecule has 1 aromatic heterocycles. The van der Waals surface area contributed by atoms with E-state index in [-0.39, 0.29) is 0 Å². The lowest BCUT2D eigenvalue weighted by Crippen LogP contribution is -2.11. The van der Waals surface area contributed by atoms with Crippen molar-refractivity contribution in [1.29, 1.82) is 0 Å². The summed E-state index contributed by atoms with van der Waals surface area (Å²) in [6, 6.07) is 9.71.